The molecule has 4 nitrogen and oxygen atoms in total. The molecule has 1 aromatic heterocycles. The maximum absolute atomic E-state index is 13.6. The van der Waals surface area contributed by atoms with E-state index in [0.29, 0.717) is 16.5 Å². The maximum atomic E-state index is 13.6. The molecule has 0 fully saturated rings. The third-order valence-electron chi connectivity index (χ3n) is 2.36. The Morgan fingerprint density at radius 2 is 2.39 bits per heavy atom. The molecule has 0 aliphatic carbocycles. The van der Waals surface area contributed by atoms with Crippen LogP contribution in [0.5, 0.6) is 0 Å². The zero-order valence-electron chi connectivity index (χ0n) is 9.85. The summed E-state index contributed by atoms with van der Waals surface area (Å²) in [5, 5.41) is 6.20. The minimum Gasteiger partial charge on any atom is -0.383 e. The number of nitrogen functional groups attached to an aromatic ring is 1. The number of nitrogens with two attached hydrogens (primary N) is 1. The zero-order chi connectivity index (χ0) is 13.0. The lowest BCUT2D eigenvalue weighted by atomic mass is 10.1. The molecular weight excluding hydrogens is 251 g/mol. The first-order valence-corrected chi connectivity index (χ1v) is 6.35. The molecule has 0 bridgehead atoms. The van der Waals surface area contributed by atoms with Crippen molar-refractivity contribution in [3.63, 3.8) is 0 Å². The molecule has 6 heteroatoms. The van der Waals surface area contributed by atoms with Crippen molar-refractivity contribution in [1.29, 1.82) is 0 Å². The summed E-state index contributed by atoms with van der Waals surface area (Å²) in [4.78, 5) is 3.97. The lowest BCUT2D eigenvalue weighted by Gasteiger charge is -2.00. The van der Waals surface area contributed by atoms with Gasteiger partial charge in [-0.25, -0.2) is 9.37 Å². The van der Waals surface area contributed by atoms with Crippen LogP contribution in [-0.4, -0.2) is 11.2 Å². The van der Waals surface area contributed by atoms with E-state index < -0.39 is 0 Å². The summed E-state index contributed by atoms with van der Waals surface area (Å²) in [6, 6.07) is 5.10. The topological polar surface area (TPSA) is 63.3 Å². The highest BCUT2D eigenvalue weighted by molar-refractivity contribution is 7.14. The van der Waals surface area contributed by atoms with E-state index in [0.717, 1.165) is 12.0 Å². The number of thiazole rings is 1. The van der Waals surface area contributed by atoms with E-state index in [1.165, 1.54) is 23.6 Å². The largest absolute Gasteiger partial charge is 0.383 e. The molecule has 0 unspecified atom stereocenters. The maximum Gasteiger partial charge on any atom is 0.205 e. The van der Waals surface area contributed by atoms with E-state index >= 15 is 0 Å². The first kappa shape index (κ1) is 12.5. The highest BCUT2D eigenvalue weighted by Gasteiger charge is 2.00. The lowest BCUT2D eigenvalue weighted by molar-refractivity contribution is 0.624. The number of benzene rings is 1. The van der Waals surface area contributed by atoms with Crippen LogP contribution >= 0.6 is 11.3 Å². The number of anilines is 2. The molecule has 2 rings (SSSR count). The number of hydrazone groups is 1. The van der Waals surface area contributed by atoms with Gasteiger partial charge in [-0.3, -0.25) is 5.43 Å². The molecule has 2 aromatic rings. The molecule has 0 saturated carbocycles. The monoisotopic (exact) mass is 264 g/mol. The number of rotatable bonds is 4. The Balaban J connectivity index is 2.05. The van der Waals surface area contributed by atoms with Gasteiger partial charge in [0.15, 0.2) is 0 Å². The third-order valence-corrected chi connectivity index (χ3v) is 3.12. The predicted octanol–water partition coefficient (Wildman–Crippen LogP) is 2.87. The van der Waals surface area contributed by atoms with E-state index in [1.54, 1.807) is 11.4 Å². The highest BCUT2D eigenvalue weighted by atomic mass is 32.1. The minimum absolute atomic E-state index is 0.279. The van der Waals surface area contributed by atoms with Crippen LogP contribution in [0.4, 0.5) is 15.3 Å². The Labute approximate surface area is 108 Å². The summed E-state index contributed by atoms with van der Waals surface area (Å²) >= 11 is 1.34. The Kier molecular flexibility index (Phi) is 3.88. The molecule has 18 heavy (non-hydrogen) atoms. The molecule has 0 aliphatic rings. The van der Waals surface area contributed by atoms with E-state index in [1.807, 2.05) is 13.0 Å². The summed E-state index contributed by atoms with van der Waals surface area (Å²) < 4.78 is 13.6. The van der Waals surface area contributed by atoms with Crippen molar-refractivity contribution in [2.24, 2.45) is 5.10 Å². The van der Waals surface area contributed by atoms with Crippen molar-refractivity contribution in [3.8, 4) is 0 Å². The first-order chi connectivity index (χ1) is 8.69. The molecule has 3 N–H and O–H groups in total. The van der Waals surface area contributed by atoms with Crippen LogP contribution in [0.1, 0.15) is 18.1 Å². The van der Waals surface area contributed by atoms with Gasteiger partial charge in [0.1, 0.15) is 11.6 Å². The average molecular weight is 264 g/mol. The Morgan fingerprint density at radius 3 is 3.00 bits per heavy atom. The van der Waals surface area contributed by atoms with Gasteiger partial charge >= 0.3 is 0 Å². The number of nitrogens with one attached hydrogen (secondary N) is 1. The Bertz CT molecular complexity index is 565. The normalized spacial score (nSPS) is 11.0. The van der Waals surface area contributed by atoms with Gasteiger partial charge in [-0.05, 0) is 18.1 Å². The molecule has 0 atom stereocenters. The van der Waals surface area contributed by atoms with Gasteiger partial charge < -0.3 is 5.73 Å². The molecule has 0 radical (unpaired) electrons. The van der Waals surface area contributed by atoms with Crippen LogP contribution in [0.25, 0.3) is 0 Å². The van der Waals surface area contributed by atoms with Gasteiger partial charge in [0, 0.05) is 10.9 Å². The quantitative estimate of drug-likeness (QED) is 0.659. The second-order valence-corrected chi connectivity index (χ2v) is 4.52. The summed E-state index contributed by atoms with van der Waals surface area (Å²) in [5.74, 6) is 0.162. The molecule has 0 aliphatic heterocycles. The number of nitrogens with zero attached hydrogens (tertiary/aromatic N) is 2. The lowest BCUT2D eigenvalue weighted by Crippen LogP contribution is -1.94. The molecule has 0 saturated heterocycles. The number of aromatic nitrogens is 1. The number of hydrogen-bond donors (Lipinski definition) is 2. The van der Waals surface area contributed by atoms with E-state index in [4.69, 9.17) is 5.73 Å². The van der Waals surface area contributed by atoms with Gasteiger partial charge in [-0.15, -0.1) is 11.3 Å². The molecule has 0 spiro atoms. The average Bonchev–Trinajstić information content (AvgIpc) is 2.77. The smallest absolute Gasteiger partial charge is 0.205 e. The van der Waals surface area contributed by atoms with Gasteiger partial charge in [-0.1, -0.05) is 19.1 Å². The van der Waals surface area contributed by atoms with E-state index in [-0.39, 0.29) is 5.82 Å². The Morgan fingerprint density at radius 1 is 1.56 bits per heavy atom. The predicted molar refractivity (Wildman–Crippen MR) is 73.5 cm³/mol. The fourth-order valence-electron chi connectivity index (χ4n) is 1.39. The fourth-order valence-corrected chi connectivity index (χ4v) is 1.94. The first-order valence-electron chi connectivity index (χ1n) is 5.47. The van der Waals surface area contributed by atoms with E-state index in [2.05, 4.69) is 15.5 Å². The van der Waals surface area contributed by atoms with Crippen LogP contribution in [-0.2, 0) is 6.42 Å². The number of halogens is 1. The summed E-state index contributed by atoms with van der Waals surface area (Å²) in [7, 11) is 0. The number of hydrogen-bond acceptors (Lipinski definition) is 5. The summed E-state index contributed by atoms with van der Waals surface area (Å²) in [6.07, 6.45) is 2.23. The van der Waals surface area contributed by atoms with Crippen LogP contribution in [0.15, 0.2) is 28.7 Å². The molecule has 94 valence electrons. The summed E-state index contributed by atoms with van der Waals surface area (Å²) in [6.45, 7) is 1.98. The minimum atomic E-state index is -0.279. The molecule has 1 aromatic carbocycles. The van der Waals surface area contributed by atoms with Crippen LogP contribution in [0.2, 0.25) is 0 Å². The van der Waals surface area contributed by atoms with Crippen molar-refractivity contribution in [1.82, 2.24) is 4.98 Å². The van der Waals surface area contributed by atoms with Crippen molar-refractivity contribution in [3.05, 3.63) is 40.5 Å². The van der Waals surface area contributed by atoms with Crippen molar-refractivity contribution >= 4 is 28.5 Å². The molecule has 0 amide bonds. The van der Waals surface area contributed by atoms with E-state index in [9.17, 15) is 4.39 Å². The zero-order valence-corrected chi connectivity index (χ0v) is 10.7. The van der Waals surface area contributed by atoms with Crippen LogP contribution in [0, 0.1) is 5.82 Å². The van der Waals surface area contributed by atoms with Gasteiger partial charge in [0.2, 0.25) is 5.13 Å². The van der Waals surface area contributed by atoms with Crippen LogP contribution in [0.3, 0.4) is 0 Å². The second kappa shape index (κ2) is 5.59. The summed E-state index contributed by atoms with van der Waals surface area (Å²) in [5.41, 5.74) is 9.56. The fraction of sp³-hybridized carbons (Fsp3) is 0.167. The van der Waals surface area contributed by atoms with Crippen molar-refractivity contribution in [2.75, 3.05) is 11.2 Å². The van der Waals surface area contributed by atoms with Crippen molar-refractivity contribution < 1.29 is 4.39 Å². The SMILES string of the molecule is CCc1ccc(C=NNc2nc(N)cs2)c(F)c1. The van der Waals surface area contributed by atoms with Gasteiger partial charge in [0.05, 0.1) is 6.21 Å². The highest BCUT2D eigenvalue weighted by Crippen LogP contribution is 2.16. The van der Waals surface area contributed by atoms with Crippen molar-refractivity contribution in [2.45, 2.75) is 13.3 Å². The third kappa shape index (κ3) is 3.04. The number of aryl methyl sites for hydroxylation is 1. The second-order valence-electron chi connectivity index (χ2n) is 3.66. The molecular formula is C12H13FN4S. The Hall–Kier alpha value is -1.95. The van der Waals surface area contributed by atoms with Gasteiger partial charge in [-0.2, -0.15) is 5.10 Å². The standard InChI is InChI=1S/C12H13FN4S/c1-2-8-3-4-9(10(13)5-8)6-15-17-12-16-11(14)7-18-12/h3-7H,2,14H2,1H3,(H,16,17). The van der Waals surface area contributed by atoms with Crippen LogP contribution < -0.4 is 11.2 Å². The molecule has 1 heterocycles. The van der Waals surface area contributed by atoms with Gasteiger partial charge in [0.25, 0.3) is 0 Å².